The molecule has 1 heterocycles. The number of benzene rings is 1. The number of hydrogen-bond acceptors (Lipinski definition) is 4. The number of nitrogens with one attached hydrogen (secondary N) is 1. The number of hydrogen-bond donors (Lipinski definition) is 1. The Morgan fingerprint density at radius 2 is 2.18 bits per heavy atom. The van der Waals surface area contributed by atoms with Crippen LogP contribution in [-0.2, 0) is 6.54 Å². The van der Waals surface area contributed by atoms with Crippen molar-refractivity contribution in [3.8, 4) is 11.3 Å². The van der Waals surface area contributed by atoms with E-state index in [0.29, 0.717) is 6.04 Å². The fourth-order valence-electron chi connectivity index (χ4n) is 1.71. The topological polar surface area (TPSA) is 37.8 Å². The molecule has 0 saturated heterocycles. The SMILES string of the molecule is Clc1ccccc1-c1nnsc1CNC1CC1. The molecule has 0 aliphatic heterocycles. The van der Waals surface area contributed by atoms with Crippen LogP contribution in [0.25, 0.3) is 11.3 Å². The minimum atomic E-state index is 0.691. The highest BCUT2D eigenvalue weighted by Gasteiger charge is 2.21. The van der Waals surface area contributed by atoms with Crippen molar-refractivity contribution in [2.45, 2.75) is 25.4 Å². The molecule has 5 heteroatoms. The average Bonchev–Trinajstić information content (AvgIpc) is 3.06. The molecule has 0 amide bonds. The van der Waals surface area contributed by atoms with Crippen molar-refractivity contribution in [3.63, 3.8) is 0 Å². The summed E-state index contributed by atoms with van der Waals surface area (Å²) in [7, 11) is 0. The Bertz CT molecular complexity index is 522. The summed E-state index contributed by atoms with van der Waals surface area (Å²) in [5, 5.41) is 8.40. The molecule has 1 fully saturated rings. The van der Waals surface area contributed by atoms with Crippen molar-refractivity contribution in [1.82, 2.24) is 14.9 Å². The Morgan fingerprint density at radius 1 is 1.35 bits per heavy atom. The van der Waals surface area contributed by atoms with Crippen molar-refractivity contribution in [3.05, 3.63) is 34.2 Å². The minimum absolute atomic E-state index is 0.691. The Labute approximate surface area is 109 Å². The highest BCUT2D eigenvalue weighted by Crippen LogP contribution is 2.30. The summed E-state index contributed by atoms with van der Waals surface area (Å²) >= 11 is 7.62. The van der Waals surface area contributed by atoms with E-state index >= 15 is 0 Å². The fraction of sp³-hybridized carbons (Fsp3) is 0.333. The van der Waals surface area contributed by atoms with Gasteiger partial charge in [-0.15, -0.1) is 5.10 Å². The molecule has 1 saturated carbocycles. The first-order valence-electron chi connectivity index (χ1n) is 5.64. The summed E-state index contributed by atoms with van der Waals surface area (Å²) in [5.41, 5.74) is 1.88. The molecule has 1 aromatic carbocycles. The molecule has 3 nitrogen and oxygen atoms in total. The van der Waals surface area contributed by atoms with Crippen LogP contribution in [0.1, 0.15) is 17.7 Å². The molecule has 0 atom stereocenters. The number of halogens is 1. The zero-order chi connectivity index (χ0) is 11.7. The van der Waals surface area contributed by atoms with E-state index in [4.69, 9.17) is 11.6 Å². The largest absolute Gasteiger partial charge is 0.309 e. The first kappa shape index (κ1) is 11.1. The van der Waals surface area contributed by atoms with Gasteiger partial charge >= 0.3 is 0 Å². The maximum atomic E-state index is 6.18. The lowest BCUT2D eigenvalue weighted by Crippen LogP contribution is -2.14. The Hall–Kier alpha value is -0.970. The second-order valence-corrected chi connectivity index (χ2v) is 5.43. The molecule has 3 rings (SSSR count). The molecule has 0 bridgehead atoms. The van der Waals surface area contributed by atoms with Crippen LogP contribution in [0.5, 0.6) is 0 Å². The van der Waals surface area contributed by atoms with Gasteiger partial charge in [-0.2, -0.15) is 0 Å². The van der Waals surface area contributed by atoms with Crippen LogP contribution < -0.4 is 5.32 Å². The summed E-state index contributed by atoms with van der Waals surface area (Å²) < 4.78 is 4.03. The van der Waals surface area contributed by atoms with E-state index < -0.39 is 0 Å². The standard InChI is InChI=1S/C12H12ClN3S/c13-10-4-2-1-3-9(10)12-11(17-16-15-12)7-14-8-5-6-8/h1-4,8,14H,5-7H2. The van der Waals surface area contributed by atoms with E-state index in [-0.39, 0.29) is 0 Å². The molecule has 1 aromatic heterocycles. The molecule has 0 spiro atoms. The number of rotatable bonds is 4. The molecule has 17 heavy (non-hydrogen) atoms. The zero-order valence-electron chi connectivity index (χ0n) is 9.19. The van der Waals surface area contributed by atoms with Crippen LogP contribution in [0, 0.1) is 0 Å². The number of aromatic nitrogens is 2. The molecule has 2 aromatic rings. The van der Waals surface area contributed by atoms with Crippen molar-refractivity contribution in [2.75, 3.05) is 0 Å². The van der Waals surface area contributed by atoms with Gasteiger partial charge in [-0.1, -0.05) is 34.3 Å². The van der Waals surface area contributed by atoms with Gasteiger partial charge < -0.3 is 5.32 Å². The van der Waals surface area contributed by atoms with Gasteiger partial charge in [0.15, 0.2) is 0 Å². The summed E-state index contributed by atoms with van der Waals surface area (Å²) in [6, 6.07) is 8.46. The summed E-state index contributed by atoms with van der Waals surface area (Å²) in [6.07, 6.45) is 2.57. The Balaban J connectivity index is 1.86. The normalized spacial score (nSPS) is 15.1. The third kappa shape index (κ3) is 2.49. The lowest BCUT2D eigenvalue weighted by atomic mass is 10.1. The highest BCUT2D eigenvalue weighted by molar-refractivity contribution is 7.06. The van der Waals surface area contributed by atoms with Gasteiger partial charge in [0.25, 0.3) is 0 Å². The molecule has 1 aliphatic rings. The highest BCUT2D eigenvalue weighted by atomic mass is 35.5. The van der Waals surface area contributed by atoms with E-state index in [9.17, 15) is 0 Å². The van der Waals surface area contributed by atoms with Crippen molar-refractivity contribution >= 4 is 23.1 Å². The lowest BCUT2D eigenvalue weighted by molar-refractivity contribution is 0.695. The predicted molar refractivity (Wildman–Crippen MR) is 70.2 cm³/mol. The van der Waals surface area contributed by atoms with Crippen molar-refractivity contribution in [1.29, 1.82) is 0 Å². The van der Waals surface area contributed by atoms with Crippen LogP contribution >= 0.6 is 23.1 Å². The first-order chi connectivity index (χ1) is 8.34. The monoisotopic (exact) mass is 265 g/mol. The Kier molecular flexibility index (Phi) is 3.09. The van der Waals surface area contributed by atoms with E-state index in [0.717, 1.165) is 27.7 Å². The molecule has 1 N–H and O–H groups in total. The maximum Gasteiger partial charge on any atom is 0.111 e. The van der Waals surface area contributed by atoms with Gasteiger partial charge in [0.05, 0.1) is 9.90 Å². The molecular weight excluding hydrogens is 254 g/mol. The second kappa shape index (κ2) is 4.72. The van der Waals surface area contributed by atoms with E-state index in [2.05, 4.69) is 14.9 Å². The van der Waals surface area contributed by atoms with Gasteiger partial charge in [-0.05, 0) is 30.4 Å². The fourth-order valence-corrected chi connectivity index (χ4v) is 2.54. The Morgan fingerprint density at radius 3 is 2.94 bits per heavy atom. The van der Waals surface area contributed by atoms with E-state index in [1.807, 2.05) is 24.3 Å². The van der Waals surface area contributed by atoms with Crippen LogP contribution in [0.2, 0.25) is 5.02 Å². The lowest BCUT2D eigenvalue weighted by Gasteiger charge is -2.04. The van der Waals surface area contributed by atoms with Crippen molar-refractivity contribution in [2.24, 2.45) is 0 Å². The quantitative estimate of drug-likeness (QED) is 0.923. The van der Waals surface area contributed by atoms with Gasteiger partial charge in [0.2, 0.25) is 0 Å². The van der Waals surface area contributed by atoms with Crippen LogP contribution in [0.4, 0.5) is 0 Å². The van der Waals surface area contributed by atoms with E-state index in [1.54, 1.807) is 0 Å². The van der Waals surface area contributed by atoms with Crippen LogP contribution in [0.3, 0.4) is 0 Å². The average molecular weight is 266 g/mol. The van der Waals surface area contributed by atoms with Gasteiger partial charge in [-0.3, -0.25) is 0 Å². The maximum absolute atomic E-state index is 6.18. The number of nitrogens with zero attached hydrogens (tertiary/aromatic N) is 2. The minimum Gasteiger partial charge on any atom is -0.309 e. The first-order valence-corrected chi connectivity index (χ1v) is 6.79. The van der Waals surface area contributed by atoms with Gasteiger partial charge in [0, 0.05) is 18.2 Å². The summed E-state index contributed by atoms with van der Waals surface area (Å²) in [6.45, 7) is 0.836. The molecule has 1 aliphatic carbocycles. The smallest absolute Gasteiger partial charge is 0.111 e. The van der Waals surface area contributed by atoms with Crippen LogP contribution in [-0.4, -0.2) is 15.6 Å². The van der Waals surface area contributed by atoms with Gasteiger partial charge in [-0.25, -0.2) is 0 Å². The van der Waals surface area contributed by atoms with Crippen molar-refractivity contribution < 1.29 is 0 Å². The molecule has 88 valence electrons. The van der Waals surface area contributed by atoms with Gasteiger partial charge in [0.1, 0.15) is 5.69 Å². The second-order valence-electron chi connectivity index (χ2n) is 4.18. The van der Waals surface area contributed by atoms with Crippen LogP contribution in [0.15, 0.2) is 24.3 Å². The van der Waals surface area contributed by atoms with E-state index in [1.165, 1.54) is 24.4 Å². The zero-order valence-corrected chi connectivity index (χ0v) is 10.8. The predicted octanol–water partition coefficient (Wildman–Crippen LogP) is 3.11. The summed E-state index contributed by atoms with van der Waals surface area (Å²) in [5.74, 6) is 0. The molecule has 0 unspecified atom stereocenters. The summed E-state index contributed by atoms with van der Waals surface area (Å²) in [4.78, 5) is 1.16. The molecular formula is C12H12ClN3S. The third-order valence-corrected chi connectivity index (χ3v) is 3.86. The molecule has 0 radical (unpaired) electrons. The third-order valence-electron chi connectivity index (χ3n) is 2.81.